The largest absolute Gasteiger partial charge is 0.396 e. The summed E-state index contributed by atoms with van der Waals surface area (Å²) < 4.78 is 40.0. The van der Waals surface area contributed by atoms with Crippen molar-refractivity contribution in [1.29, 1.82) is 0 Å². The number of rotatable bonds is 18. The number of unbranched alkanes of at least 4 members (excludes halogenated alkanes) is 2. The first-order valence-electron chi connectivity index (χ1n) is 19.5. The topological polar surface area (TPSA) is 137 Å². The number of amides is 2. The number of nitrogens with two attached hydrogens (primary N) is 1. The average molecular weight is 635 g/mol. The zero-order valence-corrected chi connectivity index (χ0v) is 27.5. The number of hydrogen-bond acceptors (Lipinski definition) is 6. The molecule has 2 aromatic carbocycles. The summed E-state index contributed by atoms with van der Waals surface area (Å²) in [6.07, 6.45) is 9.93. The van der Waals surface area contributed by atoms with Gasteiger partial charge in [-0.3, -0.25) is 14.5 Å². The lowest BCUT2D eigenvalue weighted by molar-refractivity contribution is -0.102. The van der Waals surface area contributed by atoms with Crippen LogP contribution >= 0.6 is 0 Å². The van der Waals surface area contributed by atoms with E-state index in [4.69, 9.17) is 27.8 Å². The van der Waals surface area contributed by atoms with Crippen LogP contribution in [0.2, 0.25) is 0 Å². The Kier molecular flexibility index (Phi) is 22.0. The minimum Gasteiger partial charge on any atom is -0.396 e. The van der Waals surface area contributed by atoms with Crippen molar-refractivity contribution in [2.75, 3.05) is 39.4 Å². The van der Waals surface area contributed by atoms with E-state index in [0.717, 1.165) is 57.9 Å². The number of carbonyl (C=O) groups is 2. The van der Waals surface area contributed by atoms with Crippen LogP contribution in [0.25, 0.3) is 0 Å². The summed E-state index contributed by atoms with van der Waals surface area (Å²) in [7, 11) is 0. The molecule has 0 aliphatic rings. The Labute approximate surface area is 277 Å². The maximum absolute atomic E-state index is 11.6. The molecule has 0 spiro atoms. The van der Waals surface area contributed by atoms with Crippen molar-refractivity contribution in [2.45, 2.75) is 79.1 Å². The third-order valence-electron chi connectivity index (χ3n) is 6.81. The van der Waals surface area contributed by atoms with Gasteiger partial charge in [-0.05, 0) is 67.0 Å². The summed E-state index contributed by atoms with van der Waals surface area (Å²) in [5.74, 6) is 0. The highest BCUT2D eigenvalue weighted by Crippen LogP contribution is 2.22. The van der Waals surface area contributed by atoms with Crippen molar-refractivity contribution < 1.29 is 36.4 Å². The second-order valence-corrected chi connectivity index (χ2v) is 12.2. The van der Waals surface area contributed by atoms with Crippen LogP contribution in [0, 0.1) is 10.8 Å². The van der Waals surface area contributed by atoms with Gasteiger partial charge in [0.25, 0.3) is 0 Å². The standard InChI is InChI=1S/C17H28N2O2.C10H11NO.C8H19NO.FH.4H2/c1-17(2,14-20)11-6-7-12-18-16(21)19-13-10-15-8-4-3-5-9-15;12-9-8-11-7-6-10-4-2-1-3-5-10;1-8(2,7-10)5-3-4-6-9;;;;;/h3-5,8-9,20H,6-7,10-14H2,1-2H3,(H2,18,19,21);1-5,8-9H,6-7H2;10H,3-7,9H2,1-2H3;5*1H/i;;;;4*1+1D. The number of hydrogen-bond donors (Lipinski definition) is 5. The van der Waals surface area contributed by atoms with Crippen LogP contribution in [0.4, 0.5) is 9.50 Å². The molecule has 0 fully saturated rings. The Morgan fingerprint density at radius 3 is 1.77 bits per heavy atom. The van der Waals surface area contributed by atoms with Crippen molar-refractivity contribution in [1.82, 2.24) is 10.6 Å². The molecule has 0 aliphatic carbocycles. The predicted molar refractivity (Wildman–Crippen MR) is 191 cm³/mol. The molecule has 0 saturated carbocycles. The first-order valence-corrected chi connectivity index (χ1v) is 15.5. The molecule has 0 heterocycles. The molecule has 258 valence electrons. The molecule has 0 radical (unpaired) electrons. The van der Waals surface area contributed by atoms with Gasteiger partial charge >= 0.3 is 6.03 Å². The molecule has 8 nitrogen and oxygen atoms in total. The van der Waals surface area contributed by atoms with Crippen molar-refractivity contribution in [3.63, 3.8) is 0 Å². The number of aldehydes is 1. The van der Waals surface area contributed by atoms with E-state index >= 15 is 0 Å². The second kappa shape index (κ2) is 27.4. The summed E-state index contributed by atoms with van der Waals surface area (Å²) in [4.78, 5) is 25.3. The lowest BCUT2D eigenvalue weighted by Gasteiger charge is -2.21. The van der Waals surface area contributed by atoms with Gasteiger partial charge in [-0.25, -0.2) is 4.79 Å². The van der Waals surface area contributed by atoms with Gasteiger partial charge in [0.15, 0.2) is 6.29 Å². The van der Waals surface area contributed by atoms with E-state index in [1.807, 2.05) is 36.4 Å². The fourth-order valence-corrected chi connectivity index (χ4v) is 3.82. The summed E-state index contributed by atoms with van der Waals surface area (Å²) in [5.41, 5.74) is 7.89. The zero-order valence-electron chi connectivity index (χ0n) is 35.5. The van der Waals surface area contributed by atoms with Gasteiger partial charge in [0.05, 0.1) is 6.21 Å². The monoisotopic (exact) mass is 635 g/mol. The number of carbonyl (C=O) groups excluding carboxylic acids is 2. The van der Waals surface area contributed by atoms with E-state index in [1.165, 1.54) is 17.3 Å². The van der Waals surface area contributed by atoms with Gasteiger partial charge in [0, 0.05) is 44.7 Å². The van der Waals surface area contributed by atoms with Gasteiger partial charge in [-0.15, -0.1) is 0 Å². The molecule has 0 saturated heterocycles. The highest BCUT2D eigenvalue weighted by atomic mass is 19.0. The number of urea groups is 1. The minimum atomic E-state index is -0.104. The normalized spacial score (nSPS) is 11.6. The molecule has 2 amide bonds. The molecule has 0 unspecified atom stereocenters. The molecular formula is C35H67FN4O4. The highest BCUT2D eigenvalue weighted by molar-refractivity contribution is 6.12. The number of halogens is 1. The molecule has 9 heteroatoms. The number of aliphatic hydroxyl groups is 2. The number of nitrogens with zero attached hydrogens (tertiary/aromatic N) is 1. The Morgan fingerprint density at radius 2 is 1.30 bits per heavy atom. The lowest BCUT2D eigenvalue weighted by Crippen LogP contribution is -2.37. The smallest absolute Gasteiger partial charge is 0.314 e. The summed E-state index contributed by atoms with van der Waals surface area (Å²) in [6.45, 7) is 11.5. The Hall–Kier alpha value is -3.14. The second-order valence-electron chi connectivity index (χ2n) is 12.2. The molecular weight excluding hydrogens is 559 g/mol. The van der Waals surface area contributed by atoms with Gasteiger partial charge in [-0.1, -0.05) is 101 Å². The van der Waals surface area contributed by atoms with Crippen molar-refractivity contribution in [2.24, 2.45) is 21.6 Å². The first kappa shape index (κ1) is 35.3. The van der Waals surface area contributed by atoms with Crippen LogP contribution in [0.5, 0.6) is 0 Å². The maximum atomic E-state index is 11.6. The first-order chi connectivity index (χ1) is 24.6. The number of nitrogens with one attached hydrogen (secondary N) is 2. The molecule has 44 heavy (non-hydrogen) atoms. The number of benzene rings is 2. The molecule has 0 aliphatic heterocycles. The van der Waals surface area contributed by atoms with E-state index in [0.29, 0.717) is 25.9 Å². The Balaban J connectivity index is -0.000000146. The Bertz CT molecular complexity index is 1010. The quantitative estimate of drug-likeness (QED) is 0.0726. The molecule has 0 bridgehead atoms. The zero-order chi connectivity index (χ0) is 40.2. The summed E-state index contributed by atoms with van der Waals surface area (Å²) in [5, 5.41) is 23.7. The Morgan fingerprint density at radius 1 is 0.818 bits per heavy atom. The molecule has 6 N–H and O–H groups in total. The molecule has 2 aromatic rings. The fourth-order valence-electron chi connectivity index (χ4n) is 3.82. The van der Waals surface area contributed by atoms with Crippen LogP contribution in [0.1, 0.15) is 89.2 Å². The molecule has 2 rings (SSSR count). The lowest BCUT2D eigenvalue weighted by atomic mass is 9.88. The third kappa shape index (κ3) is 26.5. The average Bonchev–Trinajstić information content (AvgIpc) is 3.18. The van der Waals surface area contributed by atoms with Crippen molar-refractivity contribution >= 4 is 18.5 Å². The van der Waals surface area contributed by atoms with Gasteiger partial charge in [0.1, 0.15) is 0 Å². The van der Waals surface area contributed by atoms with E-state index < -0.39 is 0 Å². The summed E-state index contributed by atoms with van der Waals surface area (Å²) in [6, 6.07) is 20.1. The van der Waals surface area contributed by atoms with Crippen molar-refractivity contribution in [3.8, 4) is 0 Å². The van der Waals surface area contributed by atoms with Gasteiger partial charge in [-0.2, -0.15) is 0 Å². The van der Waals surface area contributed by atoms with E-state index in [9.17, 15) is 9.59 Å². The highest BCUT2D eigenvalue weighted by Gasteiger charge is 2.15. The fraction of sp³-hybridized carbons (Fsp3) is 0.571. The van der Waals surface area contributed by atoms with E-state index in [-0.39, 0.29) is 34.8 Å². The predicted octanol–water partition coefficient (Wildman–Crippen LogP) is 6.49. The van der Waals surface area contributed by atoms with Crippen LogP contribution < -0.4 is 16.4 Å². The van der Waals surface area contributed by atoms with Gasteiger partial charge < -0.3 is 26.6 Å². The van der Waals surface area contributed by atoms with Crippen LogP contribution in [0.3, 0.4) is 0 Å². The van der Waals surface area contributed by atoms with Crippen molar-refractivity contribution in [3.05, 3.63) is 71.8 Å². The van der Waals surface area contributed by atoms with Crippen LogP contribution in [-0.2, 0) is 17.6 Å². The number of aliphatic hydroxyl groups excluding tert-OH is 2. The van der Waals surface area contributed by atoms with E-state index in [1.54, 1.807) is 0 Å². The maximum Gasteiger partial charge on any atom is 0.314 e. The van der Waals surface area contributed by atoms with Gasteiger partial charge in [0.2, 0.25) is 0 Å². The molecule has 0 aromatic heterocycles. The van der Waals surface area contributed by atoms with E-state index in [2.05, 4.69) is 67.6 Å². The third-order valence-corrected chi connectivity index (χ3v) is 6.81. The van der Waals surface area contributed by atoms with Crippen LogP contribution in [-0.4, -0.2) is 68.1 Å². The van der Waals surface area contributed by atoms with Crippen LogP contribution in [0.15, 0.2) is 65.7 Å². The minimum absolute atomic E-state index is 0. The summed E-state index contributed by atoms with van der Waals surface area (Å²) >= 11 is 0. The molecule has 0 atom stereocenters. The number of aliphatic imine (C=N–C) groups is 1. The SMILES string of the molecule is CC(C)(CO)CCCCN.CC(C)(CO)CCCCNC(=O)NCCc1ccccc1.F.O=CC=NCCc1ccccc1.[2H][2H].[2H][2H].[2H][2H].[2H][2H].